The van der Waals surface area contributed by atoms with Gasteiger partial charge in [0.05, 0.1) is 0 Å². The van der Waals surface area contributed by atoms with E-state index in [2.05, 4.69) is 30.4 Å². The summed E-state index contributed by atoms with van der Waals surface area (Å²) in [5.74, 6) is 0. The van der Waals surface area contributed by atoms with Gasteiger partial charge in [0.1, 0.15) is 0 Å². The van der Waals surface area contributed by atoms with Crippen LogP contribution >= 0.6 is 11.6 Å². The number of hydrogen-bond acceptors (Lipinski definition) is 2. The molecule has 1 heterocycles. The molecule has 2 fully saturated rings. The molecule has 1 N–H and O–H groups in total. The van der Waals surface area contributed by atoms with E-state index in [1.165, 1.54) is 37.7 Å². The van der Waals surface area contributed by atoms with Gasteiger partial charge in [0.2, 0.25) is 0 Å². The molecular formula is C18H26ClNO. The van der Waals surface area contributed by atoms with Crippen molar-refractivity contribution >= 4 is 11.6 Å². The lowest BCUT2D eigenvalue weighted by atomic mass is 9.48. The molecule has 116 valence electrons. The summed E-state index contributed by atoms with van der Waals surface area (Å²) in [6.45, 7) is 6.27. The van der Waals surface area contributed by atoms with E-state index in [1.807, 2.05) is 6.07 Å². The van der Waals surface area contributed by atoms with Crippen LogP contribution in [0.5, 0.6) is 0 Å². The molecule has 0 bridgehead atoms. The summed E-state index contributed by atoms with van der Waals surface area (Å²) < 4.78 is 5.56. The standard InChI is InChI=1S/C18H26ClNO/c1-2-8-20-14-18(15-4-3-5-16(19)11-15)12-17(13-18)6-9-21-10-7-17/h3-5,11,20H,2,6-10,12-14H2,1H3. The fraction of sp³-hybridized carbons (Fsp3) is 0.667. The lowest BCUT2D eigenvalue weighted by Crippen LogP contribution is -2.56. The highest BCUT2D eigenvalue weighted by atomic mass is 35.5. The van der Waals surface area contributed by atoms with Crippen LogP contribution in [-0.2, 0) is 10.2 Å². The molecule has 3 heteroatoms. The third-order valence-corrected chi connectivity index (χ3v) is 5.54. The molecule has 1 aliphatic heterocycles. The third kappa shape index (κ3) is 3.13. The second-order valence-electron chi connectivity index (χ2n) is 6.93. The molecule has 1 aromatic carbocycles. The first kappa shape index (κ1) is 15.3. The Hall–Kier alpha value is -0.570. The maximum atomic E-state index is 6.23. The van der Waals surface area contributed by atoms with E-state index in [1.54, 1.807) is 0 Å². The van der Waals surface area contributed by atoms with Crippen LogP contribution in [0.1, 0.15) is 44.6 Å². The first-order valence-electron chi connectivity index (χ1n) is 8.23. The molecule has 0 aromatic heterocycles. The van der Waals surface area contributed by atoms with Gasteiger partial charge in [0.25, 0.3) is 0 Å². The summed E-state index contributed by atoms with van der Waals surface area (Å²) in [7, 11) is 0. The smallest absolute Gasteiger partial charge is 0.0471 e. The van der Waals surface area contributed by atoms with Crippen molar-refractivity contribution in [3.63, 3.8) is 0 Å². The fourth-order valence-corrected chi connectivity index (χ4v) is 4.49. The largest absolute Gasteiger partial charge is 0.381 e. The zero-order chi connectivity index (χ0) is 14.8. The molecular weight excluding hydrogens is 282 g/mol. The van der Waals surface area contributed by atoms with Crippen molar-refractivity contribution < 1.29 is 4.74 Å². The molecule has 1 spiro atoms. The number of benzene rings is 1. The normalized spacial score (nSPS) is 23.0. The highest BCUT2D eigenvalue weighted by Gasteiger charge is 2.54. The van der Waals surface area contributed by atoms with Gasteiger partial charge in [-0.15, -0.1) is 0 Å². The summed E-state index contributed by atoms with van der Waals surface area (Å²) in [6, 6.07) is 8.49. The van der Waals surface area contributed by atoms with Crippen molar-refractivity contribution in [2.75, 3.05) is 26.3 Å². The Balaban J connectivity index is 1.77. The van der Waals surface area contributed by atoms with E-state index < -0.39 is 0 Å². The number of ether oxygens (including phenoxy) is 1. The minimum atomic E-state index is 0.275. The highest BCUT2D eigenvalue weighted by molar-refractivity contribution is 6.30. The monoisotopic (exact) mass is 307 g/mol. The Bertz CT molecular complexity index is 474. The average molecular weight is 308 g/mol. The predicted octanol–water partition coefficient (Wildman–Crippen LogP) is 4.17. The summed E-state index contributed by atoms with van der Waals surface area (Å²) in [4.78, 5) is 0. The van der Waals surface area contributed by atoms with Gasteiger partial charge in [-0.2, -0.15) is 0 Å². The quantitative estimate of drug-likeness (QED) is 0.824. The Morgan fingerprint density at radius 3 is 2.67 bits per heavy atom. The van der Waals surface area contributed by atoms with E-state index >= 15 is 0 Å². The topological polar surface area (TPSA) is 21.3 Å². The fourth-order valence-electron chi connectivity index (χ4n) is 4.30. The number of halogens is 1. The van der Waals surface area contributed by atoms with Crippen molar-refractivity contribution in [2.24, 2.45) is 5.41 Å². The maximum absolute atomic E-state index is 6.23. The minimum Gasteiger partial charge on any atom is -0.381 e. The Kier molecular flexibility index (Phi) is 4.58. The van der Waals surface area contributed by atoms with Gasteiger partial charge in [-0.3, -0.25) is 0 Å². The molecule has 2 aliphatic rings. The van der Waals surface area contributed by atoms with E-state index in [-0.39, 0.29) is 5.41 Å². The Labute approximate surface area is 133 Å². The average Bonchev–Trinajstić information content (AvgIpc) is 2.46. The molecule has 1 saturated carbocycles. The zero-order valence-corrected chi connectivity index (χ0v) is 13.7. The number of nitrogens with one attached hydrogen (secondary N) is 1. The van der Waals surface area contributed by atoms with Crippen LogP contribution < -0.4 is 5.32 Å². The summed E-state index contributed by atoms with van der Waals surface area (Å²) in [6.07, 6.45) is 6.19. The zero-order valence-electron chi connectivity index (χ0n) is 13.0. The third-order valence-electron chi connectivity index (χ3n) is 5.31. The van der Waals surface area contributed by atoms with Crippen LogP contribution in [0.25, 0.3) is 0 Å². The molecule has 1 aliphatic carbocycles. The maximum Gasteiger partial charge on any atom is 0.0471 e. The van der Waals surface area contributed by atoms with Crippen LogP contribution in [0, 0.1) is 5.41 Å². The van der Waals surface area contributed by atoms with Crippen LogP contribution in [-0.4, -0.2) is 26.3 Å². The van der Waals surface area contributed by atoms with Gasteiger partial charge in [0, 0.05) is 30.2 Å². The van der Waals surface area contributed by atoms with E-state index in [0.717, 1.165) is 31.3 Å². The SMILES string of the molecule is CCCNCC1(c2cccc(Cl)c2)CC2(CCOCC2)C1. The molecule has 0 radical (unpaired) electrons. The molecule has 21 heavy (non-hydrogen) atoms. The van der Waals surface area contributed by atoms with Crippen molar-refractivity contribution in [2.45, 2.75) is 44.4 Å². The molecule has 0 unspecified atom stereocenters. The number of hydrogen-bond donors (Lipinski definition) is 1. The molecule has 0 amide bonds. The van der Waals surface area contributed by atoms with Crippen LogP contribution in [0.2, 0.25) is 5.02 Å². The van der Waals surface area contributed by atoms with Gasteiger partial charge in [-0.1, -0.05) is 30.7 Å². The van der Waals surface area contributed by atoms with Crippen molar-refractivity contribution in [1.82, 2.24) is 5.32 Å². The van der Waals surface area contributed by atoms with Crippen molar-refractivity contribution in [3.8, 4) is 0 Å². The predicted molar refractivity (Wildman–Crippen MR) is 88.0 cm³/mol. The van der Waals surface area contributed by atoms with Crippen molar-refractivity contribution in [3.05, 3.63) is 34.9 Å². The molecule has 1 saturated heterocycles. The molecule has 0 atom stereocenters. The second-order valence-corrected chi connectivity index (χ2v) is 7.37. The van der Waals surface area contributed by atoms with Gasteiger partial charge in [0.15, 0.2) is 0 Å². The summed E-state index contributed by atoms with van der Waals surface area (Å²) in [5.41, 5.74) is 2.21. The van der Waals surface area contributed by atoms with E-state index in [9.17, 15) is 0 Å². The van der Waals surface area contributed by atoms with Crippen LogP contribution in [0.4, 0.5) is 0 Å². The van der Waals surface area contributed by atoms with Gasteiger partial charge >= 0.3 is 0 Å². The van der Waals surface area contributed by atoms with Crippen LogP contribution in [0.15, 0.2) is 24.3 Å². The van der Waals surface area contributed by atoms with Gasteiger partial charge in [-0.25, -0.2) is 0 Å². The first-order valence-corrected chi connectivity index (χ1v) is 8.60. The highest BCUT2D eigenvalue weighted by Crippen LogP contribution is 2.60. The van der Waals surface area contributed by atoms with E-state index in [0.29, 0.717) is 5.41 Å². The van der Waals surface area contributed by atoms with Crippen LogP contribution in [0.3, 0.4) is 0 Å². The Morgan fingerprint density at radius 1 is 1.24 bits per heavy atom. The Morgan fingerprint density at radius 2 is 2.00 bits per heavy atom. The van der Waals surface area contributed by atoms with Gasteiger partial charge < -0.3 is 10.1 Å². The first-order chi connectivity index (χ1) is 10.2. The van der Waals surface area contributed by atoms with E-state index in [4.69, 9.17) is 16.3 Å². The molecule has 1 aromatic rings. The van der Waals surface area contributed by atoms with Crippen molar-refractivity contribution in [1.29, 1.82) is 0 Å². The second kappa shape index (κ2) is 6.28. The lowest BCUT2D eigenvalue weighted by Gasteiger charge is -2.58. The number of rotatable bonds is 5. The minimum absolute atomic E-state index is 0.275. The molecule has 2 nitrogen and oxygen atoms in total. The summed E-state index contributed by atoms with van der Waals surface area (Å²) >= 11 is 6.23. The summed E-state index contributed by atoms with van der Waals surface area (Å²) in [5, 5.41) is 4.50. The van der Waals surface area contributed by atoms with Gasteiger partial charge in [-0.05, 0) is 61.8 Å². The lowest BCUT2D eigenvalue weighted by molar-refractivity contribution is -0.0736. The molecule has 3 rings (SSSR count).